The van der Waals surface area contributed by atoms with Gasteiger partial charge in [0.15, 0.2) is 0 Å². The second-order valence-electron chi connectivity index (χ2n) is 17.5. The first-order valence-electron chi connectivity index (χ1n) is 29.5. The Morgan fingerprint density at radius 2 is 1.10 bits per heavy atom. The Bertz CT molecular complexity index is 4680. The standard InChI is InChI=1S/C69H47NO/c1-2-54(26-17-20-50-21-18-32-63-62-31-14-16-34-67(62)71-68(50)63)70(56-43-44-61-60-30-13-15-33-65(60)69(66(61)46-56,52-22-5-3-6-23-52)53-24-7-4-8-25-53)55-41-39-48(40-42-55)47-35-37-49(38-36-47)64-45-51-19-9-10-27-57(51)58-28-11-12-29-59(58)64/h2-46H,1H2/b20-17+,54-26+/i1D,2D,17D,26D,35D,36D,37D,38D,39D,40D,41D,42D/b2-1?,20-17+,54-26+. The highest BCUT2D eigenvalue weighted by Crippen LogP contribution is 2.57. The Morgan fingerprint density at radius 1 is 0.493 bits per heavy atom. The molecule has 0 amide bonds. The highest BCUT2D eigenvalue weighted by atomic mass is 16.3. The number of fused-ring (bicyclic) bond motifs is 9. The molecule has 1 aliphatic carbocycles. The van der Waals surface area contributed by atoms with Gasteiger partial charge in [-0.2, -0.15) is 0 Å². The van der Waals surface area contributed by atoms with Crippen molar-refractivity contribution in [2.45, 2.75) is 5.41 Å². The van der Waals surface area contributed by atoms with Crippen molar-refractivity contribution in [2.24, 2.45) is 0 Å². The number of para-hydroxylation sites is 2. The molecule has 0 saturated carbocycles. The minimum atomic E-state index is -0.995. The molecule has 1 aromatic heterocycles. The fourth-order valence-corrected chi connectivity index (χ4v) is 10.5. The quantitative estimate of drug-likeness (QED) is 0.100. The van der Waals surface area contributed by atoms with Crippen molar-refractivity contribution < 1.29 is 20.9 Å². The van der Waals surface area contributed by atoms with Crippen LogP contribution < -0.4 is 4.90 Å². The van der Waals surface area contributed by atoms with Crippen LogP contribution in [0.1, 0.15) is 44.3 Å². The van der Waals surface area contributed by atoms with E-state index in [-0.39, 0.29) is 11.3 Å². The molecule has 2 nitrogen and oxygen atoms in total. The van der Waals surface area contributed by atoms with Gasteiger partial charge >= 0.3 is 0 Å². The maximum absolute atomic E-state index is 10.0. The van der Waals surface area contributed by atoms with Gasteiger partial charge < -0.3 is 9.32 Å². The van der Waals surface area contributed by atoms with E-state index in [0.29, 0.717) is 34.2 Å². The molecule has 2 heteroatoms. The first-order chi connectivity index (χ1) is 40.3. The smallest absolute Gasteiger partial charge is 0.142 e. The number of anilines is 2. The highest BCUT2D eigenvalue weighted by molar-refractivity contribution is 6.14. The maximum atomic E-state index is 10.0. The predicted octanol–water partition coefficient (Wildman–Crippen LogP) is 18.5. The Kier molecular flexibility index (Phi) is 7.59. The fourth-order valence-electron chi connectivity index (χ4n) is 10.5. The molecular weight excluding hydrogens is 859 g/mol. The van der Waals surface area contributed by atoms with Gasteiger partial charge in [-0.05, 0) is 126 Å². The van der Waals surface area contributed by atoms with Crippen LogP contribution in [0.2, 0.25) is 0 Å². The van der Waals surface area contributed by atoms with Crippen molar-refractivity contribution in [3.63, 3.8) is 0 Å². The number of benzene rings is 11. The molecule has 1 heterocycles. The minimum Gasteiger partial charge on any atom is -0.455 e. The Hall–Kier alpha value is -9.24. The molecule has 0 N–H and O–H groups in total. The summed E-state index contributed by atoms with van der Waals surface area (Å²) in [6.45, 7) is 0.695. The Balaban J connectivity index is 1.07. The SMILES string of the molecule is [2H]C=C([2H])/C(=C([2H])\C([2H])=C\c1cccc2c1oc1ccccc12)N(c1ccc2c(c1)C(c1ccccc1)(c1ccccc1)c1ccccc1-2)c1c([2H])c([2H])c(-c2c([2H])c([2H])c(-c3cc4ccccc4c4ccccc34)c([2H])c2[2H])c([2H])c1[2H]. The van der Waals surface area contributed by atoms with E-state index in [1.54, 1.807) is 18.2 Å². The maximum Gasteiger partial charge on any atom is 0.142 e. The molecule has 0 radical (unpaired) electrons. The monoisotopic (exact) mass is 917 g/mol. The number of hydrogen-bond acceptors (Lipinski definition) is 2. The molecule has 0 bridgehead atoms. The van der Waals surface area contributed by atoms with Crippen LogP contribution in [0.25, 0.3) is 82.9 Å². The van der Waals surface area contributed by atoms with Gasteiger partial charge in [-0.3, -0.25) is 0 Å². The molecular formula is C69H47NO. The van der Waals surface area contributed by atoms with E-state index in [0.717, 1.165) is 60.3 Å². The summed E-state index contributed by atoms with van der Waals surface area (Å²) in [5.41, 5.74) is 4.61. The third-order valence-corrected chi connectivity index (χ3v) is 13.7. The summed E-state index contributed by atoms with van der Waals surface area (Å²) >= 11 is 0. The van der Waals surface area contributed by atoms with Crippen LogP contribution in [0.15, 0.2) is 283 Å². The van der Waals surface area contributed by atoms with Crippen LogP contribution in [0.4, 0.5) is 11.4 Å². The summed E-state index contributed by atoms with van der Waals surface area (Å²) in [6.07, 6.45) is 1.42. The van der Waals surface area contributed by atoms with Gasteiger partial charge in [0.25, 0.3) is 0 Å². The molecule has 13 rings (SSSR count). The predicted molar refractivity (Wildman–Crippen MR) is 299 cm³/mol. The van der Waals surface area contributed by atoms with Crippen LogP contribution in [-0.4, -0.2) is 0 Å². The van der Waals surface area contributed by atoms with Crippen molar-refractivity contribution in [1.29, 1.82) is 0 Å². The third-order valence-electron chi connectivity index (χ3n) is 13.7. The topological polar surface area (TPSA) is 16.4 Å². The van der Waals surface area contributed by atoms with E-state index in [1.165, 1.54) is 11.0 Å². The van der Waals surface area contributed by atoms with E-state index in [2.05, 4.69) is 6.07 Å². The van der Waals surface area contributed by atoms with Gasteiger partial charge in [0, 0.05) is 33.4 Å². The van der Waals surface area contributed by atoms with E-state index in [4.69, 9.17) is 5.79 Å². The van der Waals surface area contributed by atoms with Crippen LogP contribution in [0, 0.1) is 0 Å². The average Bonchev–Trinajstić information content (AvgIpc) is 3.51. The van der Waals surface area contributed by atoms with Gasteiger partial charge in [-0.15, -0.1) is 0 Å². The largest absolute Gasteiger partial charge is 0.455 e. The van der Waals surface area contributed by atoms with E-state index < -0.39 is 94.4 Å². The van der Waals surface area contributed by atoms with Crippen molar-refractivity contribution in [1.82, 2.24) is 0 Å². The molecule has 0 unspecified atom stereocenters. The molecule has 0 atom stereocenters. The lowest BCUT2D eigenvalue weighted by Gasteiger charge is -2.35. The molecule has 0 saturated heterocycles. The first-order valence-corrected chi connectivity index (χ1v) is 23.4. The molecule has 334 valence electrons. The number of allylic oxidation sites excluding steroid dienone is 3. The van der Waals surface area contributed by atoms with Gasteiger partial charge in [0.05, 0.1) is 21.9 Å². The van der Waals surface area contributed by atoms with Crippen molar-refractivity contribution in [3.8, 4) is 33.4 Å². The third kappa shape index (κ3) is 6.95. The average molecular weight is 918 g/mol. The number of rotatable bonds is 10. The normalized spacial score (nSPS) is 15.9. The zero-order chi connectivity index (χ0) is 57.6. The summed E-state index contributed by atoms with van der Waals surface area (Å²) in [5, 5.41) is 4.91. The van der Waals surface area contributed by atoms with Gasteiger partial charge in [0.1, 0.15) is 11.2 Å². The summed E-state index contributed by atoms with van der Waals surface area (Å²) < 4.78 is 122. The minimum absolute atomic E-state index is 0.00307. The highest BCUT2D eigenvalue weighted by Gasteiger charge is 2.46. The van der Waals surface area contributed by atoms with Crippen molar-refractivity contribution >= 4 is 60.9 Å². The van der Waals surface area contributed by atoms with E-state index >= 15 is 0 Å². The van der Waals surface area contributed by atoms with Crippen molar-refractivity contribution in [2.75, 3.05) is 4.90 Å². The number of hydrogen-bond donors (Lipinski definition) is 0. The summed E-state index contributed by atoms with van der Waals surface area (Å²) in [6, 6.07) is 56.8. The van der Waals surface area contributed by atoms with E-state index in [1.807, 2.05) is 176 Å². The van der Waals surface area contributed by atoms with Gasteiger partial charge in [-0.25, -0.2) is 0 Å². The first kappa shape index (κ1) is 31.0. The molecule has 0 fully saturated rings. The fraction of sp³-hybridized carbons (Fsp3) is 0.0145. The molecule has 11 aromatic carbocycles. The summed E-state index contributed by atoms with van der Waals surface area (Å²) in [7, 11) is 0. The zero-order valence-corrected chi connectivity index (χ0v) is 38.1. The molecule has 0 spiro atoms. The summed E-state index contributed by atoms with van der Waals surface area (Å²) in [4.78, 5) is 1.23. The molecule has 0 aliphatic heterocycles. The summed E-state index contributed by atoms with van der Waals surface area (Å²) in [5.74, 6) is 0. The molecule has 12 aromatic rings. The lowest BCUT2D eigenvalue weighted by atomic mass is 9.67. The number of nitrogens with zero attached hydrogens (tertiary/aromatic N) is 1. The van der Waals surface area contributed by atoms with Crippen molar-refractivity contribution in [3.05, 3.63) is 307 Å². The Labute approximate surface area is 430 Å². The molecule has 1 aliphatic rings. The van der Waals surface area contributed by atoms with Gasteiger partial charge in [0.2, 0.25) is 0 Å². The van der Waals surface area contributed by atoms with Crippen LogP contribution in [-0.2, 0) is 5.41 Å². The lowest BCUT2D eigenvalue weighted by molar-refractivity contribution is 0.668. The lowest BCUT2D eigenvalue weighted by Crippen LogP contribution is -2.28. The van der Waals surface area contributed by atoms with Crippen LogP contribution in [0.5, 0.6) is 0 Å². The Morgan fingerprint density at radius 3 is 1.86 bits per heavy atom. The van der Waals surface area contributed by atoms with E-state index in [9.17, 15) is 15.1 Å². The molecule has 71 heavy (non-hydrogen) atoms. The second-order valence-corrected chi connectivity index (χ2v) is 17.5. The second kappa shape index (κ2) is 17.4. The number of furan rings is 1. The van der Waals surface area contributed by atoms with Gasteiger partial charge in [-0.1, -0.05) is 231 Å². The van der Waals surface area contributed by atoms with Crippen LogP contribution in [0.3, 0.4) is 0 Å². The zero-order valence-electron chi connectivity index (χ0n) is 50.1. The van der Waals surface area contributed by atoms with Crippen LogP contribution >= 0.6 is 0 Å².